The highest BCUT2D eigenvalue weighted by Crippen LogP contribution is 2.67. The molecule has 12 unspecified atom stereocenters. The highest BCUT2D eigenvalue weighted by atomic mass is 16.7. The Morgan fingerprint density at radius 2 is 1.85 bits per heavy atom. The zero-order valence-corrected chi connectivity index (χ0v) is 24.6. The minimum atomic E-state index is -1.27. The van der Waals surface area contributed by atoms with Crippen molar-refractivity contribution in [2.75, 3.05) is 13.2 Å². The predicted molar refractivity (Wildman–Crippen MR) is 149 cm³/mol. The summed E-state index contributed by atoms with van der Waals surface area (Å²) < 4.78 is 11.6. The summed E-state index contributed by atoms with van der Waals surface area (Å²) in [5, 5.41) is 51.2. The first-order chi connectivity index (χ1) is 18.4. The number of ether oxygens (including phenoxy) is 2. The SMILES string of the molecule is CC(CCCC(C)(C)O)C1CCC2C3CC=C4CC(OC5OCC(O)C(O)C5O)CCC4(CO)C3CCC12C. The van der Waals surface area contributed by atoms with E-state index in [2.05, 4.69) is 19.9 Å². The monoisotopic (exact) mass is 550 g/mol. The third kappa shape index (κ3) is 5.51. The number of aliphatic hydroxyl groups excluding tert-OH is 4. The first-order valence-corrected chi connectivity index (χ1v) is 15.7. The molecule has 0 radical (unpaired) electrons. The molecule has 224 valence electrons. The molecule has 0 aromatic carbocycles. The Bertz CT molecular complexity index is 884. The maximum absolute atomic E-state index is 10.9. The van der Waals surface area contributed by atoms with Gasteiger partial charge in [0, 0.05) is 5.41 Å². The van der Waals surface area contributed by atoms with Crippen LogP contribution in [0.5, 0.6) is 0 Å². The maximum Gasteiger partial charge on any atom is 0.186 e. The molecule has 0 spiro atoms. The molecule has 0 aromatic rings. The van der Waals surface area contributed by atoms with E-state index in [1.165, 1.54) is 37.7 Å². The lowest BCUT2D eigenvalue weighted by molar-refractivity contribution is -0.285. The van der Waals surface area contributed by atoms with Crippen molar-refractivity contribution in [2.24, 2.45) is 40.4 Å². The van der Waals surface area contributed by atoms with Gasteiger partial charge in [0.25, 0.3) is 0 Å². The van der Waals surface area contributed by atoms with Gasteiger partial charge in [0.2, 0.25) is 0 Å². The molecular weight excluding hydrogens is 496 g/mol. The minimum Gasteiger partial charge on any atom is -0.395 e. The summed E-state index contributed by atoms with van der Waals surface area (Å²) in [5.74, 6) is 3.22. The first kappa shape index (κ1) is 29.9. The summed E-state index contributed by atoms with van der Waals surface area (Å²) in [7, 11) is 0. The highest BCUT2D eigenvalue weighted by molar-refractivity contribution is 5.27. The molecule has 1 aliphatic heterocycles. The fourth-order valence-corrected chi connectivity index (χ4v) is 9.96. The average molecular weight is 551 g/mol. The van der Waals surface area contributed by atoms with Gasteiger partial charge in [0.05, 0.1) is 24.9 Å². The van der Waals surface area contributed by atoms with Crippen LogP contribution in [0.25, 0.3) is 0 Å². The average Bonchev–Trinajstić information content (AvgIpc) is 3.25. The van der Waals surface area contributed by atoms with Gasteiger partial charge in [-0.3, -0.25) is 0 Å². The van der Waals surface area contributed by atoms with Gasteiger partial charge in [-0.25, -0.2) is 0 Å². The number of allylic oxidation sites excluding steroid dienone is 1. The number of hydrogen-bond acceptors (Lipinski definition) is 7. The lowest BCUT2D eigenvalue weighted by Crippen LogP contribution is -2.56. The smallest absolute Gasteiger partial charge is 0.186 e. The van der Waals surface area contributed by atoms with Crippen LogP contribution in [0.2, 0.25) is 0 Å². The normalized spacial score (nSPS) is 47.1. The Labute approximate surface area is 235 Å². The third-order valence-electron chi connectivity index (χ3n) is 12.1. The Morgan fingerprint density at radius 3 is 2.56 bits per heavy atom. The molecule has 4 aliphatic carbocycles. The van der Waals surface area contributed by atoms with Crippen LogP contribution >= 0.6 is 0 Å². The second-order valence-electron chi connectivity index (χ2n) is 14.8. The van der Waals surface area contributed by atoms with E-state index < -0.39 is 30.2 Å². The summed E-state index contributed by atoms with van der Waals surface area (Å²) in [5.41, 5.74) is 0.910. The van der Waals surface area contributed by atoms with Crippen molar-refractivity contribution in [1.82, 2.24) is 0 Å². The quantitative estimate of drug-likeness (QED) is 0.291. The van der Waals surface area contributed by atoms with Gasteiger partial charge in [-0.1, -0.05) is 38.3 Å². The molecule has 0 aromatic heterocycles. The second kappa shape index (κ2) is 11.3. The summed E-state index contributed by atoms with van der Waals surface area (Å²) in [6.45, 7) is 8.96. The van der Waals surface area contributed by atoms with Crippen molar-refractivity contribution >= 4 is 0 Å². The van der Waals surface area contributed by atoms with Crippen LogP contribution < -0.4 is 0 Å². The van der Waals surface area contributed by atoms with E-state index in [4.69, 9.17) is 9.47 Å². The lowest BCUT2D eigenvalue weighted by Gasteiger charge is -2.59. The Hall–Kier alpha value is -0.540. The zero-order valence-electron chi connectivity index (χ0n) is 24.6. The van der Waals surface area contributed by atoms with Crippen molar-refractivity contribution in [2.45, 2.75) is 135 Å². The van der Waals surface area contributed by atoms with Gasteiger partial charge in [-0.05, 0) is 107 Å². The first-order valence-electron chi connectivity index (χ1n) is 15.7. The molecule has 12 atom stereocenters. The van der Waals surface area contributed by atoms with Gasteiger partial charge in [0.15, 0.2) is 6.29 Å². The van der Waals surface area contributed by atoms with Crippen LogP contribution in [0.1, 0.15) is 98.3 Å². The molecule has 0 amide bonds. The minimum absolute atomic E-state index is 0.0537. The van der Waals surface area contributed by atoms with Crippen LogP contribution in [-0.2, 0) is 9.47 Å². The molecule has 39 heavy (non-hydrogen) atoms. The van der Waals surface area contributed by atoms with E-state index in [9.17, 15) is 25.5 Å². The third-order valence-corrected chi connectivity index (χ3v) is 12.1. The van der Waals surface area contributed by atoms with Gasteiger partial charge in [-0.2, -0.15) is 0 Å². The molecule has 0 bridgehead atoms. The predicted octanol–water partition coefficient (Wildman–Crippen LogP) is 3.94. The van der Waals surface area contributed by atoms with Crippen LogP contribution in [0, 0.1) is 40.4 Å². The molecule has 5 rings (SSSR count). The second-order valence-corrected chi connectivity index (χ2v) is 14.8. The van der Waals surface area contributed by atoms with Crippen molar-refractivity contribution in [3.8, 4) is 0 Å². The van der Waals surface area contributed by atoms with E-state index in [1.807, 2.05) is 13.8 Å². The molecule has 7 nitrogen and oxygen atoms in total. The van der Waals surface area contributed by atoms with Crippen LogP contribution in [0.3, 0.4) is 0 Å². The molecule has 7 heteroatoms. The summed E-state index contributed by atoms with van der Waals surface area (Å²) in [6, 6.07) is 0. The molecule has 1 saturated heterocycles. The summed E-state index contributed by atoms with van der Waals surface area (Å²) in [6.07, 6.45) is 9.27. The van der Waals surface area contributed by atoms with Crippen molar-refractivity contribution in [3.63, 3.8) is 0 Å². The molecule has 4 fully saturated rings. The Balaban J connectivity index is 1.26. The number of hydrogen-bond donors (Lipinski definition) is 5. The topological polar surface area (TPSA) is 120 Å². The van der Waals surface area contributed by atoms with Crippen molar-refractivity contribution < 1.29 is 35.0 Å². The number of aliphatic hydroxyl groups is 5. The Kier molecular flexibility index (Phi) is 8.65. The van der Waals surface area contributed by atoms with E-state index in [0.717, 1.165) is 44.4 Å². The van der Waals surface area contributed by atoms with Gasteiger partial charge < -0.3 is 35.0 Å². The summed E-state index contributed by atoms with van der Waals surface area (Å²) >= 11 is 0. The van der Waals surface area contributed by atoms with Gasteiger partial charge >= 0.3 is 0 Å². The number of fused-ring (bicyclic) bond motifs is 5. The van der Waals surface area contributed by atoms with E-state index >= 15 is 0 Å². The molecule has 5 aliphatic rings. The summed E-state index contributed by atoms with van der Waals surface area (Å²) in [4.78, 5) is 0. The molecule has 1 heterocycles. The van der Waals surface area contributed by atoms with Crippen molar-refractivity contribution in [1.29, 1.82) is 0 Å². The molecule has 3 saturated carbocycles. The van der Waals surface area contributed by atoms with Crippen molar-refractivity contribution in [3.05, 3.63) is 11.6 Å². The maximum atomic E-state index is 10.9. The zero-order chi connectivity index (χ0) is 28.2. The number of rotatable bonds is 8. The van der Waals surface area contributed by atoms with Crippen LogP contribution in [-0.4, -0.2) is 75.1 Å². The highest BCUT2D eigenvalue weighted by Gasteiger charge is 2.60. The van der Waals surface area contributed by atoms with E-state index in [-0.39, 0.29) is 24.7 Å². The van der Waals surface area contributed by atoms with E-state index in [1.54, 1.807) is 0 Å². The van der Waals surface area contributed by atoms with Gasteiger partial charge in [0.1, 0.15) is 18.3 Å². The fourth-order valence-electron chi connectivity index (χ4n) is 9.96. The fraction of sp³-hybridized carbons (Fsp3) is 0.938. The van der Waals surface area contributed by atoms with Gasteiger partial charge in [-0.15, -0.1) is 0 Å². The molecular formula is C32H54O7. The van der Waals surface area contributed by atoms with Crippen LogP contribution in [0.15, 0.2) is 11.6 Å². The largest absolute Gasteiger partial charge is 0.395 e. The van der Waals surface area contributed by atoms with Crippen LogP contribution in [0.4, 0.5) is 0 Å². The lowest BCUT2D eigenvalue weighted by atomic mass is 9.46. The molecule has 5 N–H and O–H groups in total. The standard InChI is InChI=1S/C32H54O7/c1-19(6-5-13-30(2,3)37)23-9-10-24-22-8-7-20-16-21(39-29-28(36)27(35)26(34)17-38-29)11-15-32(20,18-33)25(22)12-14-31(23,24)4/h7,19,21-29,33-37H,5-6,8-18H2,1-4H3. The Morgan fingerprint density at radius 1 is 1.08 bits per heavy atom. The van der Waals surface area contributed by atoms with E-state index in [0.29, 0.717) is 29.1 Å².